The van der Waals surface area contributed by atoms with Crippen molar-refractivity contribution in [2.75, 3.05) is 10.6 Å². The highest BCUT2D eigenvalue weighted by Crippen LogP contribution is 2.34. The van der Waals surface area contributed by atoms with E-state index in [1.807, 2.05) is 24.3 Å². The fourth-order valence-corrected chi connectivity index (χ4v) is 4.47. The van der Waals surface area contributed by atoms with Crippen LogP contribution < -0.4 is 16.2 Å². The van der Waals surface area contributed by atoms with Crippen LogP contribution >= 0.6 is 11.3 Å². The van der Waals surface area contributed by atoms with E-state index in [9.17, 15) is 9.59 Å². The Balaban J connectivity index is 1.51. The Morgan fingerprint density at radius 3 is 2.76 bits per heavy atom. The van der Waals surface area contributed by atoms with Gasteiger partial charge in [0, 0.05) is 23.2 Å². The molecule has 0 unspecified atom stereocenters. The van der Waals surface area contributed by atoms with Crippen molar-refractivity contribution in [2.24, 2.45) is 0 Å². The minimum Gasteiger partial charge on any atom is -0.378 e. The Morgan fingerprint density at radius 2 is 2.00 bits per heavy atom. The summed E-state index contributed by atoms with van der Waals surface area (Å²) in [4.78, 5) is 33.1. The van der Waals surface area contributed by atoms with Gasteiger partial charge >= 0.3 is 0 Å². The number of H-pyrrole nitrogens is 1. The van der Waals surface area contributed by atoms with Gasteiger partial charge in [-0.05, 0) is 49.1 Å². The molecular formula is C18H18N4O2S. The van der Waals surface area contributed by atoms with E-state index in [-0.39, 0.29) is 11.5 Å². The first-order chi connectivity index (χ1) is 12.1. The summed E-state index contributed by atoms with van der Waals surface area (Å²) in [6.45, 7) is 1.91. The second-order valence-corrected chi connectivity index (χ2v) is 7.25. The molecule has 1 aliphatic rings. The highest BCUT2D eigenvalue weighted by molar-refractivity contribution is 7.18. The molecule has 1 aromatic carbocycles. The molecule has 0 spiro atoms. The number of aromatic amines is 1. The molecule has 2 heterocycles. The molecule has 0 bridgehead atoms. The third kappa shape index (κ3) is 3.15. The van der Waals surface area contributed by atoms with Gasteiger partial charge in [0.05, 0.1) is 11.9 Å². The Morgan fingerprint density at radius 1 is 1.24 bits per heavy atom. The van der Waals surface area contributed by atoms with Crippen molar-refractivity contribution in [3.8, 4) is 0 Å². The van der Waals surface area contributed by atoms with E-state index in [2.05, 4.69) is 20.6 Å². The molecule has 0 atom stereocenters. The van der Waals surface area contributed by atoms with Crippen molar-refractivity contribution in [1.82, 2.24) is 9.97 Å². The number of hydrogen-bond acceptors (Lipinski definition) is 5. The number of hydrogen-bond donors (Lipinski definition) is 3. The van der Waals surface area contributed by atoms with Crippen LogP contribution in [-0.2, 0) is 24.2 Å². The van der Waals surface area contributed by atoms with E-state index in [1.54, 1.807) is 11.3 Å². The van der Waals surface area contributed by atoms with Gasteiger partial charge in [0.25, 0.3) is 5.56 Å². The predicted molar refractivity (Wildman–Crippen MR) is 100 cm³/mol. The number of aryl methyl sites for hydroxylation is 2. The first kappa shape index (κ1) is 15.8. The molecule has 3 N–H and O–H groups in total. The fraction of sp³-hybridized carbons (Fsp3) is 0.278. The molecule has 4 rings (SSSR count). The van der Waals surface area contributed by atoms with E-state index in [4.69, 9.17) is 0 Å². The summed E-state index contributed by atoms with van der Waals surface area (Å²) in [5.74, 6) is 0.530. The minimum atomic E-state index is -0.0985. The molecule has 6 nitrogen and oxygen atoms in total. The number of carbonyl (C=O) groups excluding carboxylic acids is 1. The Bertz CT molecular complexity index is 1000. The van der Waals surface area contributed by atoms with Gasteiger partial charge in [-0.25, -0.2) is 4.98 Å². The van der Waals surface area contributed by atoms with Crippen molar-refractivity contribution < 1.29 is 4.79 Å². The van der Waals surface area contributed by atoms with Crippen LogP contribution in [-0.4, -0.2) is 15.9 Å². The first-order valence-corrected chi connectivity index (χ1v) is 9.07. The SMILES string of the molecule is CC(=O)Nc1ccc(NCc2nc3sc4c(c3c(=O)[nH]2)CCC4)cc1. The summed E-state index contributed by atoms with van der Waals surface area (Å²) in [6.07, 6.45) is 3.18. The maximum Gasteiger partial charge on any atom is 0.259 e. The van der Waals surface area contributed by atoms with Crippen LogP contribution in [0.2, 0.25) is 0 Å². The number of nitrogens with one attached hydrogen (secondary N) is 3. The number of aromatic nitrogens is 2. The molecular weight excluding hydrogens is 336 g/mol. The summed E-state index contributed by atoms with van der Waals surface area (Å²) in [7, 11) is 0. The second-order valence-electron chi connectivity index (χ2n) is 6.16. The number of benzene rings is 1. The van der Waals surface area contributed by atoms with E-state index in [0.717, 1.165) is 40.9 Å². The lowest BCUT2D eigenvalue weighted by atomic mass is 10.2. The number of carbonyl (C=O) groups is 1. The van der Waals surface area contributed by atoms with Crippen molar-refractivity contribution >= 4 is 38.8 Å². The van der Waals surface area contributed by atoms with Gasteiger partial charge in [0.15, 0.2) is 0 Å². The van der Waals surface area contributed by atoms with E-state index in [1.165, 1.54) is 17.4 Å². The summed E-state index contributed by atoms with van der Waals surface area (Å²) >= 11 is 1.64. The molecule has 1 aliphatic carbocycles. The largest absolute Gasteiger partial charge is 0.378 e. The molecule has 25 heavy (non-hydrogen) atoms. The van der Waals surface area contributed by atoms with Gasteiger partial charge in [0.1, 0.15) is 10.7 Å². The Kier molecular flexibility index (Phi) is 4.01. The standard InChI is InChI=1S/C18H18N4O2S/c1-10(23)20-12-7-5-11(6-8-12)19-9-15-21-17(24)16-13-3-2-4-14(13)25-18(16)22-15/h5-8,19H,2-4,9H2,1H3,(H,20,23)(H,21,22,24). The van der Waals surface area contributed by atoms with Gasteiger partial charge in [-0.1, -0.05) is 0 Å². The lowest BCUT2D eigenvalue weighted by Gasteiger charge is -2.07. The van der Waals surface area contributed by atoms with Crippen LogP contribution in [0.15, 0.2) is 29.1 Å². The van der Waals surface area contributed by atoms with Crippen LogP contribution in [0.1, 0.15) is 29.6 Å². The number of amides is 1. The molecule has 128 valence electrons. The quantitative estimate of drug-likeness (QED) is 0.672. The number of fused-ring (bicyclic) bond motifs is 3. The number of anilines is 2. The predicted octanol–water partition coefficient (Wildman–Crippen LogP) is 3.04. The smallest absolute Gasteiger partial charge is 0.259 e. The summed E-state index contributed by atoms with van der Waals surface area (Å²) in [5.41, 5.74) is 2.80. The van der Waals surface area contributed by atoms with Gasteiger partial charge < -0.3 is 15.6 Å². The maximum atomic E-state index is 12.4. The Labute approximate surface area is 148 Å². The second kappa shape index (κ2) is 6.33. The number of nitrogens with zero attached hydrogens (tertiary/aromatic N) is 1. The van der Waals surface area contributed by atoms with Crippen molar-refractivity contribution in [3.05, 3.63) is 50.9 Å². The highest BCUT2D eigenvalue weighted by Gasteiger charge is 2.20. The zero-order valence-corrected chi connectivity index (χ0v) is 14.6. The van der Waals surface area contributed by atoms with E-state index in [0.29, 0.717) is 12.4 Å². The average Bonchev–Trinajstić information content (AvgIpc) is 3.14. The third-order valence-electron chi connectivity index (χ3n) is 4.29. The van der Waals surface area contributed by atoms with Crippen LogP contribution in [0.3, 0.4) is 0 Å². The lowest BCUT2D eigenvalue weighted by Crippen LogP contribution is -2.14. The average molecular weight is 354 g/mol. The Hall–Kier alpha value is -2.67. The zero-order chi connectivity index (χ0) is 17.4. The van der Waals surface area contributed by atoms with Crippen LogP contribution in [0.25, 0.3) is 10.2 Å². The third-order valence-corrected chi connectivity index (χ3v) is 5.48. The maximum absolute atomic E-state index is 12.4. The molecule has 1 amide bonds. The van der Waals surface area contributed by atoms with Crippen molar-refractivity contribution in [2.45, 2.75) is 32.7 Å². The zero-order valence-electron chi connectivity index (χ0n) is 13.8. The molecule has 0 radical (unpaired) electrons. The summed E-state index contributed by atoms with van der Waals surface area (Å²) in [6, 6.07) is 7.41. The molecule has 3 aromatic rings. The van der Waals surface area contributed by atoms with Crippen molar-refractivity contribution in [3.63, 3.8) is 0 Å². The monoisotopic (exact) mass is 354 g/mol. The number of rotatable bonds is 4. The minimum absolute atomic E-state index is 0.0396. The van der Waals surface area contributed by atoms with Gasteiger partial charge in [-0.3, -0.25) is 9.59 Å². The van der Waals surface area contributed by atoms with Crippen molar-refractivity contribution in [1.29, 1.82) is 0 Å². The topological polar surface area (TPSA) is 86.9 Å². The first-order valence-electron chi connectivity index (χ1n) is 8.25. The van der Waals surface area contributed by atoms with Crippen LogP contribution in [0.5, 0.6) is 0 Å². The lowest BCUT2D eigenvalue weighted by molar-refractivity contribution is -0.114. The summed E-state index contributed by atoms with van der Waals surface area (Å²) < 4.78 is 0. The van der Waals surface area contributed by atoms with E-state index >= 15 is 0 Å². The van der Waals surface area contributed by atoms with Gasteiger partial charge in [0.2, 0.25) is 5.91 Å². The normalized spacial score (nSPS) is 13.0. The van der Waals surface area contributed by atoms with Gasteiger partial charge in [-0.15, -0.1) is 11.3 Å². The van der Waals surface area contributed by atoms with E-state index < -0.39 is 0 Å². The number of thiophene rings is 1. The highest BCUT2D eigenvalue weighted by atomic mass is 32.1. The molecule has 0 saturated carbocycles. The van der Waals surface area contributed by atoms with Crippen LogP contribution in [0.4, 0.5) is 11.4 Å². The molecule has 0 aliphatic heterocycles. The fourth-order valence-electron chi connectivity index (χ4n) is 3.19. The van der Waals surface area contributed by atoms with Gasteiger partial charge in [-0.2, -0.15) is 0 Å². The molecule has 2 aromatic heterocycles. The molecule has 7 heteroatoms. The summed E-state index contributed by atoms with van der Waals surface area (Å²) in [5, 5.41) is 6.75. The van der Waals surface area contributed by atoms with Crippen LogP contribution in [0, 0.1) is 0 Å². The molecule has 0 fully saturated rings. The molecule has 0 saturated heterocycles.